The van der Waals surface area contributed by atoms with E-state index in [0.29, 0.717) is 29.1 Å². The highest BCUT2D eigenvalue weighted by Gasteiger charge is 2.28. The molecule has 2 aromatic carbocycles. The van der Waals surface area contributed by atoms with E-state index < -0.39 is 5.25 Å². The smallest absolute Gasteiger partial charge is 0.240 e. The summed E-state index contributed by atoms with van der Waals surface area (Å²) in [5.41, 5.74) is 1.66. The molecule has 0 fully saturated rings. The number of rotatable bonds is 7. The van der Waals surface area contributed by atoms with Crippen LogP contribution in [0.15, 0.2) is 59.8 Å². The average Bonchev–Trinajstić information content (AvgIpc) is 3.08. The van der Waals surface area contributed by atoms with E-state index in [4.69, 9.17) is 17.4 Å². The van der Waals surface area contributed by atoms with Gasteiger partial charge in [-0.1, -0.05) is 65.8 Å². The maximum absolute atomic E-state index is 13.1. The van der Waals surface area contributed by atoms with Gasteiger partial charge < -0.3 is 10.7 Å². The minimum absolute atomic E-state index is 0.0218. The summed E-state index contributed by atoms with van der Waals surface area (Å²) in [6.45, 7) is 5.22. The van der Waals surface area contributed by atoms with Gasteiger partial charge in [-0.25, -0.2) is 4.68 Å². The predicted octanol–water partition coefficient (Wildman–Crippen LogP) is 4.01. The molecular weight excluding hydrogens is 394 g/mol. The third-order valence-electron chi connectivity index (χ3n) is 4.37. The summed E-state index contributed by atoms with van der Waals surface area (Å²) < 4.78 is 1.40. The summed E-state index contributed by atoms with van der Waals surface area (Å²) in [4.78, 5) is 14.9. The number of hydrogen-bond acceptors (Lipinski definition) is 5. The highest BCUT2D eigenvalue weighted by molar-refractivity contribution is 8.00. The molecule has 0 saturated heterocycles. The van der Waals surface area contributed by atoms with E-state index in [2.05, 4.69) is 10.2 Å². The molecule has 6 nitrogen and oxygen atoms in total. The maximum Gasteiger partial charge on any atom is 0.240 e. The second kappa shape index (κ2) is 9.12. The fourth-order valence-electron chi connectivity index (χ4n) is 2.88. The molecule has 0 aliphatic carbocycles. The third kappa shape index (κ3) is 4.31. The largest absolute Gasteiger partial charge is 0.342 e. The zero-order chi connectivity index (χ0) is 20.1. The molecule has 146 valence electrons. The lowest BCUT2D eigenvalue weighted by atomic mass is 10.1. The minimum atomic E-state index is -0.459. The first-order valence-corrected chi connectivity index (χ1v) is 10.3. The molecule has 1 aromatic heterocycles. The Morgan fingerprint density at radius 1 is 1.14 bits per heavy atom. The average molecular weight is 416 g/mol. The lowest BCUT2D eigenvalue weighted by Gasteiger charge is -2.24. The van der Waals surface area contributed by atoms with Crippen molar-refractivity contribution in [3.63, 3.8) is 0 Å². The molecule has 0 radical (unpaired) electrons. The highest BCUT2D eigenvalue weighted by atomic mass is 35.5. The van der Waals surface area contributed by atoms with Gasteiger partial charge in [-0.3, -0.25) is 4.79 Å². The number of nitrogens with zero attached hydrogens (tertiary/aromatic N) is 4. The molecule has 0 aliphatic rings. The maximum atomic E-state index is 13.1. The van der Waals surface area contributed by atoms with Crippen molar-refractivity contribution in [2.45, 2.75) is 24.3 Å². The van der Waals surface area contributed by atoms with Crippen LogP contribution >= 0.6 is 23.4 Å². The number of halogens is 1. The van der Waals surface area contributed by atoms with Gasteiger partial charge in [0.05, 0.1) is 0 Å². The van der Waals surface area contributed by atoms with Crippen molar-refractivity contribution in [1.82, 2.24) is 19.8 Å². The van der Waals surface area contributed by atoms with Gasteiger partial charge in [-0.2, -0.15) is 0 Å². The molecule has 2 N–H and O–H groups in total. The second-order valence-electron chi connectivity index (χ2n) is 6.11. The van der Waals surface area contributed by atoms with Crippen LogP contribution < -0.4 is 5.84 Å². The number of carbonyl (C=O) groups excluding carboxylic acids is 1. The van der Waals surface area contributed by atoms with E-state index >= 15 is 0 Å². The second-order valence-corrected chi connectivity index (χ2v) is 7.61. The summed E-state index contributed by atoms with van der Waals surface area (Å²) in [6, 6.07) is 16.9. The molecule has 1 amide bonds. The third-order valence-corrected chi connectivity index (χ3v) is 5.81. The Balaban J connectivity index is 1.94. The number of nitrogens with two attached hydrogens (primary N) is 1. The molecule has 0 unspecified atom stereocenters. The number of carbonyl (C=O) groups is 1. The fourth-order valence-corrected chi connectivity index (χ4v) is 4.11. The standard InChI is InChI=1S/C20H22ClN5OS/c1-3-25(4-2)19(27)17(14-9-6-5-7-10-14)28-20-24-23-18(26(20)22)15-11-8-12-16(21)13-15/h5-13,17H,3-4,22H2,1-2H3/t17-/m0/s1. The molecule has 1 atom stereocenters. The van der Waals surface area contributed by atoms with Crippen LogP contribution in [0.25, 0.3) is 11.4 Å². The summed E-state index contributed by atoms with van der Waals surface area (Å²) >= 11 is 7.37. The minimum Gasteiger partial charge on any atom is -0.342 e. The van der Waals surface area contributed by atoms with Crippen molar-refractivity contribution >= 4 is 29.3 Å². The van der Waals surface area contributed by atoms with Crippen LogP contribution in [-0.4, -0.2) is 38.8 Å². The first-order chi connectivity index (χ1) is 13.5. The molecule has 1 heterocycles. The Morgan fingerprint density at radius 2 is 1.86 bits per heavy atom. The van der Waals surface area contributed by atoms with E-state index in [0.717, 1.165) is 11.1 Å². The van der Waals surface area contributed by atoms with Gasteiger partial charge >= 0.3 is 0 Å². The predicted molar refractivity (Wildman–Crippen MR) is 114 cm³/mol. The lowest BCUT2D eigenvalue weighted by Crippen LogP contribution is -2.34. The zero-order valence-electron chi connectivity index (χ0n) is 15.7. The van der Waals surface area contributed by atoms with Crippen molar-refractivity contribution in [2.75, 3.05) is 18.9 Å². The molecule has 8 heteroatoms. The van der Waals surface area contributed by atoms with Crippen LogP contribution in [0.2, 0.25) is 5.02 Å². The van der Waals surface area contributed by atoms with Gasteiger partial charge in [-0.05, 0) is 31.5 Å². The summed E-state index contributed by atoms with van der Waals surface area (Å²) in [6.07, 6.45) is 0. The summed E-state index contributed by atoms with van der Waals surface area (Å²) in [5.74, 6) is 6.77. The van der Waals surface area contributed by atoms with E-state index in [1.807, 2.05) is 56.3 Å². The van der Waals surface area contributed by atoms with Crippen molar-refractivity contribution < 1.29 is 4.79 Å². The van der Waals surface area contributed by atoms with Crippen LogP contribution in [0.4, 0.5) is 0 Å². The molecule has 28 heavy (non-hydrogen) atoms. The Labute approximate surface area is 173 Å². The van der Waals surface area contributed by atoms with Gasteiger partial charge in [0.15, 0.2) is 5.82 Å². The van der Waals surface area contributed by atoms with Gasteiger partial charge in [0, 0.05) is 23.7 Å². The molecule has 0 spiro atoms. The molecular formula is C20H22ClN5OS. The monoisotopic (exact) mass is 415 g/mol. The fraction of sp³-hybridized carbons (Fsp3) is 0.250. The van der Waals surface area contributed by atoms with Crippen LogP contribution in [0.5, 0.6) is 0 Å². The van der Waals surface area contributed by atoms with Crippen molar-refractivity contribution in [2.24, 2.45) is 0 Å². The van der Waals surface area contributed by atoms with E-state index in [9.17, 15) is 4.79 Å². The SMILES string of the molecule is CCN(CC)C(=O)[C@@H](Sc1nnc(-c2cccc(Cl)c2)n1N)c1ccccc1. The van der Waals surface area contributed by atoms with Gasteiger partial charge in [-0.15, -0.1) is 10.2 Å². The molecule has 0 bridgehead atoms. The quantitative estimate of drug-likeness (QED) is 0.466. The first-order valence-electron chi connectivity index (χ1n) is 9.02. The molecule has 0 saturated carbocycles. The van der Waals surface area contributed by atoms with Gasteiger partial charge in [0.25, 0.3) is 0 Å². The van der Waals surface area contributed by atoms with Crippen molar-refractivity contribution in [1.29, 1.82) is 0 Å². The number of hydrogen-bond donors (Lipinski definition) is 1. The van der Waals surface area contributed by atoms with Gasteiger partial charge in [0.1, 0.15) is 5.25 Å². The van der Waals surface area contributed by atoms with Crippen molar-refractivity contribution in [3.8, 4) is 11.4 Å². The van der Waals surface area contributed by atoms with Crippen LogP contribution in [0.1, 0.15) is 24.7 Å². The van der Waals surface area contributed by atoms with Crippen LogP contribution in [0.3, 0.4) is 0 Å². The highest BCUT2D eigenvalue weighted by Crippen LogP contribution is 2.36. The Morgan fingerprint density at radius 3 is 2.50 bits per heavy atom. The van der Waals surface area contributed by atoms with E-state index in [1.165, 1.54) is 16.4 Å². The van der Waals surface area contributed by atoms with Crippen LogP contribution in [-0.2, 0) is 4.79 Å². The first kappa shape index (κ1) is 20.2. The Hall–Kier alpha value is -2.51. The lowest BCUT2D eigenvalue weighted by molar-refractivity contribution is -0.130. The number of benzene rings is 2. The number of likely N-dealkylation sites (N-methyl/N-ethyl adjacent to an activating group) is 1. The van der Waals surface area contributed by atoms with Crippen LogP contribution in [0, 0.1) is 0 Å². The van der Waals surface area contributed by atoms with E-state index in [1.54, 1.807) is 17.0 Å². The molecule has 3 aromatic rings. The molecule has 0 aliphatic heterocycles. The molecule has 3 rings (SSSR count). The Bertz CT molecular complexity index is 943. The summed E-state index contributed by atoms with van der Waals surface area (Å²) in [5, 5.41) is 9.01. The normalized spacial score (nSPS) is 12.0. The summed E-state index contributed by atoms with van der Waals surface area (Å²) in [7, 11) is 0. The number of amides is 1. The number of aromatic nitrogens is 3. The zero-order valence-corrected chi connectivity index (χ0v) is 17.3. The van der Waals surface area contributed by atoms with E-state index in [-0.39, 0.29) is 5.91 Å². The number of thioether (sulfide) groups is 1. The van der Waals surface area contributed by atoms with Gasteiger partial charge in [0.2, 0.25) is 11.1 Å². The number of nitrogen functional groups attached to an aromatic ring is 1. The van der Waals surface area contributed by atoms with Crippen molar-refractivity contribution in [3.05, 3.63) is 65.2 Å². The topological polar surface area (TPSA) is 77.0 Å². The Kier molecular flexibility index (Phi) is 6.59.